The van der Waals surface area contributed by atoms with Crippen molar-refractivity contribution in [3.8, 4) is 28.8 Å². The number of rotatable bonds is 6. The number of pyridine rings is 1. The molecule has 0 aliphatic heterocycles. The smallest absolute Gasteiger partial charge is 0.264 e. The van der Waals surface area contributed by atoms with E-state index in [2.05, 4.69) is 15.1 Å². The van der Waals surface area contributed by atoms with Gasteiger partial charge in [-0.1, -0.05) is 35.0 Å². The summed E-state index contributed by atoms with van der Waals surface area (Å²) in [7, 11) is 0. The summed E-state index contributed by atoms with van der Waals surface area (Å²) >= 11 is 0. The predicted octanol–water partition coefficient (Wildman–Crippen LogP) is 4.81. The van der Waals surface area contributed by atoms with Crippen molar-refractivity contribution in [1.82, 2.24) is 15.1 Å². The van der Waals surface area contributed by atoms with Crippen LogP contribution in [-0.4, -0.2) is 15.1 Å². The van der Waals surface area contributed by atoms with E-state index in [1.165, 1.54) is 0 Å². The summed E-state index contributed by atoms with van der Waals surface area (Å²) in [6.07, 6.45) is 1.68. The first-order chi connectivity index (χ1) is 13.3. The number of nitrogens with zero attached hydrogens (tertiary/aromatic N) is 3. The van der Waals surface area contributed by atoms with Crippen molar-refractivity contribution in [3.63, 3.8) is 0 Å². The molecule has 6 heteroatoms. The maximum absolute atomic E-state index is 5.70. The van der Waals surface area contributed by atoms with E-state index in [9.17, 15) is 0 Å². The average Bonchev–Trinajstić information content (AvgIpc) is 3.17. The molecule has 0 atom stereocenters. The molecule has 0 saturated heterocycles. The number of benzene rings is 2. The quantitative estimate of drug-likeness (QED) is 0.492. The molecule has 0 radical (unpaired) electrons. The van der Waals surface area contributed by atoms with Gasteiger partial charge in [0.1, 0.15) is 11.5 Å². The Balaban J connectivity index is 1.36. The van der Waals surface area contributed by atoms with Gasteiger partial charge in [-0.3, -0.25) is 0 Å². The van der Waals surface area contributed by atoms with E-state index in [0.717, 1.165) is 11.1 Å². The molecule has 0 spiro atoms. The fraction of sp³-hybridized carbons (Fsp3) is 0.0952. The fourth-order valence-electron chi connectivity index (χ4n) is 2.49. The van der Waals surface area contributed by atoms with E-state index in [-0.39, 0.29) is 6.61 Å². The summed E-state index contributed by atoms with van der Waals surface area (Å²) in [5.74, 6) is 2.87. The molecule has 0 aliphatic rings. The van der Waals surface area contributed by atoms with Crippen molar-refractivity contribution in [1.29, 1.82) is 0 Å². The Morgan fingerprint density at radius 3 is 2.56 bits per heavy atom. The molecule has 0 N–H and O–H groups in total. The summed E-state index contributed by atoms with van der Waals surface area (Å²) in [4.78, 5) is 8.50. The summed E-state index contributed by atoms with van der Waals surface area (Å²) in [5.41, 5.74) is 2.06. The van der Waals surface area contributed by atoms with Crippen molar-refractivity contribution in [2.75, 3.05) is 0 Å². The largest absolute Gasteiger partial charge is 0.484 e. The van der Waals surface area contributed by atoms with Gasteiger partial charge in [-0.2, -0.15) is 4.98 Å². The van der Waals surface area contributed by atoms with Crippen LogP contribution >= 0.6 is 0 Å². The lowest BCUT2D eigenvalue weighted by atomic mass is 10.1. The van der Waals surface area contributed by atoms with Crippen LogP contribution in [0.5, 0.6) is 17.4 Å². The lowest BCUT2D eigenvalue weighted by molar-refractivity contribution is 0.243. The Kier molecular flexibility index (Phi) is 4.78. The molecular formula is C21H17N3O3. The van der Waals surface area contributed by atoms with Crippen LogP contribution in [0.4, 0.5) is 0 Å². The Morgan fingerprint density at radius 2 is 1.78 bits per heavy atom. The molecule has 27 heavy (non-hydrogen) atoms. The molecule has 0 bridgehead atoms. The van der Waals surface area contributed by atoms with Crippen LogP contribution in [0.15, 0.2) is 77.4 Å². The van der Waals surface area contributed by atoms with Gasteiger partial charge in [0.25, 0.3) is 5.89 Å². The molecule has 0 amide bonds. The monoisotopic (exact) mass is 359 g/mol. The predicted molar refractivity (Wildman–Crippen MR) is 99.6 cm³/mol. The van der Waals surface area contributed by atoms with Gasteiger partial charge in [-0.05, 0) is 43.3 Å². The zero-order valence-corrected chi connectivity index (χ0v) is 14.7. The number of ether oxygens (including phenoxy) is 2. The number of aromatic nitrogens is 3. The van der Waals surface area contributed by atoms with Crippen LogP contribution < -0.4 is 9.47 Å². The van der Waals surface area contributed by atoms with Crippen LogP contribution in [0.1, 0.15) is 11.5 Å². The van der Waals surface area contributed by atoms with Gasteiger partial charge in [-0.15, -0.1) is 0 Å². The van der Waals surface area contributed by atoms with Crippen molar-refractivity contribution < 1.29 is 14.0 Å². The second-order valence-electron chi connectivity index (χ2n) is 5.91. The highest BCUT2D eigenvalue weighted by Crippen LogP contribution is 2.23. The van der Waals surface area contributed by atoms with Crippen molar-refractivity contribution in [2.24, 2.45) is 0 Å². The molecule has 2 heterocycles. The minimum atomic E-state index is 0.194. The van der Waals surface area contributed by atoms with Crippen molar-refractivity contribution in [3.05, 3.63) is 84.4 Å². The minimum Gasteiger partial charge on any atom is -0.484 e. The molecule has 6 nitrogen and oxygen atoms in total. The molecule has 0 saturated carbocycles. The van der Waals surface area contributed by atoms with Crippen molar-refractivity contribution in [2.45, 2.75) is 13.5 Å². The van der Waals surface area contributed by atoms with E-state index in [4.69, 9.17) is 14.0 Å². The lowest BCUT2D eigenvalue weighted by Crippen LogP contribution is -1.96. The molecular weight excluding hydrogens is 342 g/mol. The first-order valence-corrected chi connectivity index (χ1v) is 8.48. The third-order valence-corrected chi connectivity index (χ3v) is 3.79. The first kappa shape index (κ1) is 16.8. The van der Waals surface area contributed by atoms with Crippen LogP contribution in [-0.2, 0) is 6.61 Å². The zero-order chi connectivity index (χ0) is 18.5. The van der Waals surface area contributed by atoms with E-state index in [0.29, 0.717) is 29.1 Å². The summed E-state index contributed by atoms with van der Waals surface area (Å²) in [6.45, 7) is 2.22. The third kappa shape index (κ3) is 4.30. The molecule has 0 fully saturated rings. The molecule has 134 valence electrons. The maximum atomic E-state index is 5.70. The van der Waals surface area contributed by atoms with Gasteiger partial charge < -0.3 is 14.0 Å². The number of hydrogen-bond acceptors (Lipinski definition) is 6. The Bertz CT molecular complexity index is 1010. The topological polar surface area (TPSA) is 70.3 Å². The van der Waals surface area contributed by atoms with E-state index < -0.39 is 0 Å². The van der Waals surface area contributed by atoms with Crippen LogP contribution in [0, 0.1) is 6.92 Å². The van der Waals surface area contributed by atoms with Gasteiger partial charge >= 0.3 is 0 Å². The summed E-state index contributed by atoms with van der Waals surface area (Å²) in [6, 6.07) is 20.7. The minimum absolute atomic E-state index is 0.194. The van der Waals surface area contributed by atoms with E-state index in [1.807, 2.05) is 67.6 Å². The van der Waals surface area contributed by atoms with Gasteiger partial charge in [0.15, 0.2) is 6.61 Å². The molecule has 2 aromatic heterocycles. The number of hydrogen-bond donors (Lipinski definition) is 0. The van der Waals surface area contributed by atoms with E-state index >= 15 is 0 Å². The highest BCUT2D eigenvalue weighted by atomic mass is 16.5. The molecule has 0 aliphatic carbocycles. The van der Waals surface area contributed by atoms with Gasteiger partial charge in [-0.25, -0.2) is 4.98 Å². The second kappa shape index (κ2) is 7.70. The second-order valence-corrected chi connectivity index (χ2v) is 5.91. The van der Waals surface area contributed by atoms with Crippen LogP contribution in [0.2, 0.25) is 0 Å². The van der Waals surface area contributed by atoms with Crippen LogP contribution in [0.3, 0.4) is 0 Å². The maximum Gasteiger partial charge on any atom is 0.264 e. The molecule has 4 rings (SSSR count). The van der Waals surface area contributed by atoms with E-state index in [1.54, 1.807) is 12.3 Å². The Morgan fingerprint density at radius 1 is 0.926 bits per heavy atom. The highest BCUT2D eigenvalue weighted by Gasteiger charge is 2.09. The molecule has 2 aromatic carbocycles. The fourth-order valence-corrected chi connectivity index (χ4v) is 2.49. The summed E-state index contributed by atoms with van der Waals surface area (Å²) < 4.78 is 16.6. The standard InChI is InChI=1S/C21H17N3O3/c1-15-5-4-6-16(13-15)21-23-20(27-24-21)14-25-17-8-10-18(11-9-17)26-19-7-2-3-12-22-19/h2-13H,14H2,1H3. The van der Waals surface area contributed by atoms with Crippen molar-refractivity contribution >= 4 is 0 Å². The zero-order valence-electron chi connectivity index (χ0n) is 14.7. The normalized spacial score (nSPS) is 10.6. The lowest BCUT2D eigenvalue weighted by Gasteiger charge is -2.06. The average molecular weight is 359 g/mol. The number of aryl methyl sites for hydroxylation is 1. The van der Waals surface area contributed by atoms with Gasteiger partial charge in [0.05, 0.1) is 0 Å². The van der Waals surface area contributed by atoms with Gasteiger partial charge in [0.2, 0.25) is 11.7 Å². The highest BCUT2D eigenvalue weighted by molar-refractivity contribution is 5.55. The van der Waals surface area contributed by atoms with Crippen LogP contribution in [0.25, 0.3) is 11.4 Å². The third-order valence-electron chi connectivity index (χ3n) is 3.79. The first-order valence-electron chi connectivity index (χ1n) is 8.48. The Hall–Kier alpha value is -3.67. The molecule has 0 unspecified atom stereocenters. The molecule has 4 aromatic rings. The summed E-state index contributed by atoms with van der Waals surface area (Å²) in [5, 5.41) is 4.01. The van der Waals surface area contributed by atoms with Gasteiger partial charge in [0, 0.05) is 17.8 Å². The Labute approximate surface area is 156 Å². The SMILES string of the molecule is Cc1cccc(-c2noc(COc3ccc(Oc4ccccn4)cc3)n2)c1.